The van der Waals surface area contributed by atoms with Gasteiger partial charge in [-0.2, -0.15) is 5.10 Å². The number of aromatic nitrogens is 2. The summed E-state index contributed by atoms with van der Waals surface area (Å²) in [5.41, 5.74) is 2.24. The van der Waals surface area contributed by atoms with Gasteiger partial charge in [0.1, 0.15) is 16.3 Å². The highest BCUT2D eigenvalue weighted by molar-refractivity contribution is 7.92. The molecule has 0 fully saturated rings. The lowest BCUT2D eigenvalue weighted by atomic mass is 10.2. The molecule has 0 amide bonds. The normalized spacial score (nSPS) is 11.2. The van der Waals surface area contributed by atoms with Crippen LogP contribution in [0, 0.1) is 0 Å². The van der Waals surface area contributed by atoms with Gasteiger partial charge in [0.15, 0.2) is 0 Å². The van der Waals surface area contributed by atoms with Crippen LogP contribution in [-0.4, -0.2) is 24.8 Å². The van der Waals surface area contributed by atoms with Crippen molar-refractivity contribution in [2.75, 3.05) is 11.3 Å². The van der Waals surface area contributed by atoms with E-state index in [1.165, 1.54) is 6.20 Å². The number of rotatable bonds is 7. The Morgan fingerprint density at radius 3 is 2.23 bits per heavy atom. The summed E-state index contributed by atoms with van der Waals surface area (Å²) >= 11 is 0. The van der Waals surface area contributed by atoms with Gasteiger partial charge in [-0.05, 0) is 31.2 Å². The third kappa shape index (κ3) is 4.06. The van der Waals surface area contributed by atoms with Gasteiger partial charge in [0.25, 0.3) is 10.0 Å². The number of anilines is 1. The Labute approximate surface area is 175 Å². The molecule has 0 atom stereocenters. The first kappa shape index (κ1) is 19.7. The van der Waals surface area contributed by atoms with Crippen molar-refractivity contribution in [3.63, 3.8) is 0 Å². The lowest BCUT2D eigenvalue weighted by molar-refractivity contribution is 0.342. The van der Waals surface area contributed by atoms with E-state index >= 15 is 0 Å². The lowest BCUT2D eigenvalue weighted by Crippen LogP contribution is -2.14. The van der Waals surface area contributed by atoms with Crippen LogP contribution in [0.1, 0.15) is 6.92 Å². The molecular formula is C23H21N3O3S. The Hall–Kier alpha value is -3.58. The molecule has 0 bridgehead atoms. The molecule has 1 N–H and O–H groups in total. The molecule has 1 aromatic heterocycles. The molecule has 0 saturated heterocycles. The van der Waals surface area contributed by atoms with E-state index in [0.717, 1.165) is 5.69 Å². The van der Waals surface area contributed by atoms with Crippen LogP contribution in [0.5, 0.6) is 5.75 Å². The summed E-state index contributed by atoms with van der Waals surface area (Å²) in [6.45, 7) is 2.28. The molecule has 0 unspecified atom stereocenters. The zero-order valence-electron chi connectivity index (χ0n) is 16.4. The van der Waals surface area contributed by atoms with Crippen molar-refractivity contribution in [3.8, 4) is 22.7 Å². The van der Waals surface area contributed by atoms with Gasteiger partial charge in [0.2, 0.25) is 0 Å². The number of hydrogen-bond acceptors (Lipinski definition) is 4. The smallest absolute Gasteiger partial charge is 0.265 e. The maximum Gasteiger partial charge on any atom is 0.265 e. The van der Waals surface area contributed by atoms with Gasteiger partial charge in [-0.15, -0.1) is 0 Å². The largest absolute Gasteiger partial charge is 0.492 e. The monoisotopic (exact) mass is 419 g/mol. The number of hydrogen-bond donors (Lipinski definition) is 1. The third-order valence-electron chi connectivity index (χ3n) is 4.47. The summed E-state index contributed by atoms with van der Waals surface area (Å²) in [6, 6.07) is 25.6. The Kier molecular flexibility index (Phi) is 5.54. The SMILES string of the molecule is CCOc1ccccc1NS(=O)(=O)c1cn(-c2ccccc2)nc1-c1ccccc1. The molecule has 4 rings (SSSR count). The van der Waals surface area contributed by atoms with E-state index in [4.69, 9.17) is 4.74 Å². The highest BCUT2D eigenvalue weighted by Gasteiger charge is 2.25. The van der Waals surface area contributed by atoms with Gasteiger partial charge in [0.05, 0.1) is 24.2 Å². The van der Waals surface area contributed by atoms with Gasteiger partial charge in [-0.25, -0.2) is 13.1 Å². The number of nitrogens with zero attached hydrogens (tertiary/aromatic N) is 2. The highest BCUT2D eigenvalue weighted by Crippen LogP contribution is 2.31. The molecule has 0 spiro atoms. The molecule has 0 aliphatic rings. The van der Waals surface area contributed by atoms with Crippen LogP contribution in [0.2, 0.25) is 0 Å². The maximum absolute atomic E-state index is 13.4. The summed E-state index contributed by atoms with van der Waals surface area (Å²) in [7, 11) is -3.93. The zero-order chi connectivity index (χ0) is 21.0. The van der Waals surface area contributed by atoms with E-state index < -0.39 is 10.0 Å². The van der Waals surface area contributed by atoms with Crippen LogP contribution < -0.4 is 9.46 Å². The quantitative estimate of drug-likeness (QED) is 0.470. The predicted octanol–water partition coefficient (Wildman–Crippen LogP) is 4.74. The van der Waals surface area contributed by atoms with E-state index in [9.17, 15) is 8.42 Å². The van der Waals surface area contributed by atoms with Gasteiger partial charge in [-0.3, -0.25) is 4.72 Å². The molecule has 4 aromatic rings. The number of nitrogens with one attached hydrogen (secondary N) is 1. The summed E-state index contributed by atoms with van der Waals surface area (Å²) in [5, 5.41) is 4.58. The zero-order valence-corrected chi connectivity index (χ0v) is 17.2. The fraction of sp³-hybridized carbons (Fsp3) is 0.0870. The summed E-state index contributed by atoms with van der Waals surface area (Å²) in [6.07, 6.45) is 1.53. The van der Waals surface area contributed by atoms with Crippen molar-refractivity contribution >= 4 is 15.7 Å². The Morgan fingerprint density at radius 1 is 0.900 bits per heavy atom. The number of benzene rings is 3. The van der Waals surface area contributed by atoms with Crippen molar-refractivity contribution in [1.82, 2.24) is 9.78 Å². The molecule has 0 aliphatic carbocycles. The molecule has 7 heteroatoms. The first-order chi connectivity index (χ1) is 14.6. The average Bonchev–Trinajstić information content (AvgIpc) is 3.23. The minimum absolute atomic E-state index is 0.0869. The van der Waals surface area contributed by atoms with Crippen molar-refractivity contribution in [2.24, 2.45) is 0 Å². The van der Waals surface area contributed by atoms with Crippen molar-refractivity contribution in [3.05, 3.63) is 91.1 Å². The average molecular weight is 420 g/mol. The second-order valence-electron chi connectivity index (χ2n) is 6.52. The van der Waals surface area contributed by atoms with E-state index in [-0.39, 0.29) is 4.90 Å². The van der Waals surface area contributed by atoms with Crippen molar-refractivity contribution < 1.29 is 13.2 Å². The van der Waals surface area contributed by atoms with Crippen LogP contribution in [0.4, 0.5) is 5.69 Å². The first-order valence-electron chi connectivity index (χ1n) is 9.53. The van der Waals surface area contributed by atoms with Crippen LogP contribution in [-0.2, 0) is 10.0 Å². The standard InChI is InChI=1S/C23H21N3O3S/c1-2-29-21-16-10-9-15-20(21)25-30(27,28)22-17-26(19-13-7-4-8-14-19)24-23(22)18-11-5-3-6-12-18/h3-17,25H,2H2,1H3. The summed E-state index contributed by atoms with van der Waals surface area (Å²) in [4.78, 5) is 0.0869. The third-order valence-corrected chi connectivity index (χ3v) is 5.84. The van der Waals surface area contributed by atoms with E-state index in [1.54, 1.807) is 28.9 Å². The van der Waals surface area contributed by atoms with E-state index in [1.807, 2.05) is 67.6 Å². The second kappa shape index (κ2) is 8.42. The number of sulfonamides is 1. The minimum atomic E-state index is -3.93. The molecule has 6 nitrogen and oxygen atoms in total. The first-order valence-corrected chi connectivity index (χ1v) is 11.0. The van der Waals surface area contributed by atoms with Gasteiger partial charge >= 0.3 is 0 Å². The Bertz CT molecular complexity index is 1240. The molecule has 0 saturated carbocycles. The molecule has 3 aromatic carbocycles. The van der Waals surface area contributed by atoms with Gasteiger partial charge in [0, 0.05) is 5.56 Å². The molecule has 0 radical (unpaired) electrons. The maximum atomic E-state index is 13.4. The molecule has 152 valence electrons. The predicted molar refractivity (Wildman–Crippen MR) is 117 cm³/mol. The van der Waals surface area contributed by atoms with Crippen LogP contribution in [0.3, 0.4) is 0 Å². The summed E-state index contributed by atoms with van der Waals surface area (Å²) in [5.74, 6) is 0.472. The lowest BCUT2D eigenvalue weighted by Gasteiger charge is -2.12. The van der Waals surface area contributed by atoms with Crippen LogP contribution in [0.15, 0.2) is 96.0 Å². The van der Waals surface area contributed by atoms with Crippen LogP contribution >= 0.6 is 0 Å². The molecule has 0 aliphatic heterocycles. The molecule has 30 heavy (non-hydrogen) atoms. The van der Waals surface area contributed by atoms with E-state index in [0.29, 0.717) is 29.3 Å². The van der Waals surface area contributed by atoms with Gasteiger partial charge in [-0.1, -0.05) is 60.7 Å². The Balaban J connectivity index is 1.82. The minimum Gasteiger partial charge on any atom is -0.492 e. The fourth-order valence-electron chi connectivity index (χ4n) is 3.10. The van der Waals surface area contributed by atoms with Crippen LogP contribution in [0.25, 0.3) is 16.9 Å². The number of ether oxygens (including phenoxy) is 1. The fourth-order valence-corrected chi connectivity index (χ4v) is 4.32. The summed E-state index contributed by atoms with van der Waals surface area (Å²) < 4.78 is 36.5. The number of para-hydroxylation sites is 3. The molecule has 1 heterocycles. The highest BCUT2D eigenvalue weighted by atomic mass is 32.2. The van der Waals surface area contributed by atoms with Crippen molar-refractivity contribution in [1.29, 1.82) is 0 Å². The van der Waals surface area contributed by atoms with Crippen molar-refractivity contribution in [2.45, 2.75) is 11.8 Å². The Morgan fingerprint density at radius 2 is 1.53 bits per heavy atom. The van der Waals surface area contributed by atoms with Gasteiger partial charge < -0.3 is 4.74 Å². The topological polar surface area (TPSA) is 73.2 Å². The van der Waals surface area contributed by atoms with E-state index in [2.05, 4.69) is 9.82 Å². The second-order valence-corrected chi connectivity index (χ2v) is 8.17. The molecular weight excluding hydrogens is 398 g/mol.